The minimum atomic E-state index is -0.468. The van der Waals surface area contributed by atoms with Crippen LogP contribution in [-0.2, 0) is 16.3 Å². The first-order valence-corrected chi connectivity index (χ1v) is 7.60. The Labute approximate surface area is 133 Å². The molecule has 0 saturated carbocycles. The van der Waals surface area contributed by atoms with Gasteiger partial charge in [0.2, 0.25) is 5.82 Å². The first-order valence-electron chi connectivity index (χ1n) is 6.85. The van der Waals surface area contributed by atoms with Crippen molar-refractivity contribution in [3.05, 3.63) is 16.1 Å². The second kappa shape index (κ2) is 7.13. The lowest BCUT2D eigenvalue weighted by molar-refractivity contribution is -0.144. The summed E-state index contributed by atoms with van der Waals surface area (Å²) in [5.41, 5.74) is 0. The van der Waals surface area contributed by atoms with Crippen molar-refractivity contribution in [3.63, 3.8) is 0 Å². The van der Waals surface area contributed by atoms with Crippen LogP contribution < -0.4 is 0 Å². The van der Waals surface area contributed by atoms with E-state index in [2.05, 4.69) is 4.98 Å². The number of imidazole rings is 1. The van der Waals surface area contributed by atoms with Crippen LogP contribution in [0.15, 0.2) is 0 Å². The Morgan fingerprint density at radius 3 is 2.38 bits per heavy atom. The Kier molecular flexibility index (Phi) is 5.47. The van der Waals surface area contributed by atoms with Crippen LogP contribution >= 0.6 is 23.2 Å². The van der Waals surface area contributed by atoms with E-state index in [0.29, 0.717) is 13.1 Å². The zero-order valence-corrected chi connectivity index (χ0v) is 13.3. The Morgan fingerprint density at radius 1 is 1.19 bits per heavy atom. The molecule has 0 spiro atoms. The first-order chi connectivity index (χ1) is 10.0. The molecule has 1 saturated heterocycles. The van der Waals surface area contributed by atoms with E-state index in [4.69, 9.17) is 27.9 Å². The lowest BCUT2D eigenvalue weighted by Crippen LogP contribution is -2.34. The molecule has 1 amide bonds. The van der Waals surface area contributed by atoms with Crippen LogP contribution in [0.1, 0.15) is 43.2 Å². The molecule has 1 aliphatic rings. The van der Waals surface area contributed by atoms with Crippen LogP contribution in [0.3, 0.4) is 0 Å². The van der Waals surface area contributed by atoms with Gasteiger partial charge in [-0.15, -0.1) is 0 Å². The number of nitrogens with zero attached hydrogens (tertiary/aromatic N) is 3. The van der Waals surface area contributed by atoms with Crippen LogP contribution in [-0.4, -0.2) is 39.4 Å². The second-order valence-electron chi connectivity index (χ2n) is 4.92. The summed E-state index contributed by atoms with van der Waals surface area (Å²) >= 11 is 11.9. The molecule has 0 unspecified atom stereocenters. The van der Waals surface area contributed by atoms with E-state index < -0.39 is 5.97 Å². The minimum absolute atomic E-state index is 0.0296. The van der Waals surface area contributed by atoms with Crippen LogP contribution in [0.4, 0.5) is 0 Å². The molecule has 6 nitrogen and oxygen atoms in total. The number of rotatable bonds is 3. The molecule has 1 fully saturated rings. The van der Waals surface area contributed by atoms with Crippen molar-refractivity contribution in [1.82, 2.24) is 14.5 Å². The maximum Gasteiger partial charge on any atom is 0.304 e. The number of amides is 1. The SMILES string of the molecule is CC(=O)OCn1c(C(=O)N2CCCCCC2)nc(Cl)c1Cl. The van der Waals surface area contributed by atoms with E-state index in [-0.39, 0.29) is 28.8 Å². The van der Waals surface area contributed by atoms with E-state index in [0.717, 1.165) is 25.7 Å². The zero-order chi connectivity index (χ0) is 15.4. The summed E-state index contributed by atoms with van der Waals surface area (Å²) < 4.78 is 6.21. The molecule has 21 heavy (non-hydrogen) atoms. The summed E-state index contributed by atoms with van der Waals surface area (Å²) in [4.78, 5) is 29.3. The van der Waals surface area contributed by atoms with Crippen molar-refractivity contribution in [2.24, 2.45) is 0 Å². The van der Waals surface area contributed by atoms with Gasteiger partial charge in [0, 0.05) is 20.0 Å². The second-order valence-corrected chi connectivity index (χ2v) is 5.63. The molecule has 1 aromatic rings. The molecule has 0 N–H and O–H groups in total. The van der Waals surface area contributed by atoms with Gasteiger partial charge in [0.05, 0.1) is 0 Å². The van der Waals surface area contributed by atoms with Gasteiger partial charge in [-0.3, -0.25) is 14.2 Å². The molecule has 1 aromatic heterocycles. The third kappa shape index (κ3) is 3.89. The van der Waals surface area contributed by atoms with Crippen molar-refractivity contribution < 1.29 is 14.3 Å². The summed E-state index contributed by atoms with van der Waals surface area (Å²) in [6, 6.07) is 0. The maximum absolute atomic E-state index is 12.6. The first kappa shape index (κ1) is 16.1. The summed E-state index contributed by atoms with van der Waals surface area (Å²) in [5.74, 6) is -0.602. The molecular weight excluding hydrogens is 317 g/mol. The van der Waals surface area contributed by atoms with Crippen molar-refractivity contribution in [2.45, 2.75) is 39.3 Å². The highest BCUT2D eigenvalue weighted by atomic mass is 35.5. The summed E-state index contributed by atoms with van der Waals surface area (Å²) in [6.45, 7) is 2.48. The van der Waals surface area contributed by atoms with Gasteiger partial charge in [-0.1, -0.05) is 36.0 Å². The molecule has 0 atom stereocenters. The lowest BCUT2D eigenvalue weighted by Gasteiger charge is -2.20. The number of hydrogen-bond acceptors (Lipinski definition) is 4. The minimum Gasteiger partial charge on any atom is -0.444 e. The van der Waals surface area contributed by atoms with Crippen LogP contribution in [0.25, 0.3) is 0 Å². The van der Waals surface area contributed by atoms with Gasteiger partial charge >= 0.3 is 5.97 Å². The summed E-state index contributed by atoms with van der Waals surface area (Å²) in [5, 5.41) is 0.123. The Balaban J connectivity index is 2.22. The predicted molar refractivity (Wildman–Crippen MR) is 78.4 cm³/mol. The standard InChI is InChI=1S/C13H17Cl2N3O3/c1-9(19)21-8-18-11(15)10(14)16-12(18)13(20)17-6-4-2-3-5-7-17/h2-8H2,1H3. The highest BCUT2D eigenvalue weighted by Gasteiger charge is 2.25. The molecular formula is C13H17Cl2N3O3. The number of esters is 1. The van der Waals surface area contributed by atoms with Crippen molar-refractivity contribution in [2.75, 3.05) is 13.1 Å². The third-order valence-electron chi connectivity index (χ3n) is 3.35. The van der Waals surface area contributed by atoms with Crippen molar-refractivity contribution >= 4 is 35.1 Å². The van der Waals surface area contributed by atoms with Crippen LogP contribution in [0, 0.1) is 0 Å². The topological polar surface area (TPSA) is 64.4 Å². The van der Waals surface area contributed by atoms with Gasteiger partial charge in [0.25, 0.3) is 5.91 Å². The predicted octanol–water partition coefficient (Wildman–Crippen LogP) is 2.73. The van der Waals surface area contributed by atoms with Crippen LogP contribution in [0.2, 0.25) is 10.3 Å². The van der Waals surface area contributed by atoms with Gasteiger partial charge in [0.1, 0.15) is 0 Å². The maximum atomic E-state index is 12.6. The zero-order valence-electron chi connectivity index (χ0n) is 11.8. The van der Waals surface area contributed by atoms with Gasteiger partial charge < -0.3 is 9.64 Å². The van der Waals surface area contributed by atoms with E-state index in [1.807, 2.05) is 0 Å². The lowest BCUT2D eigenvalue weighted by atomic mass is 10.2. The third-order valence-corrected chi connectivity index (χ3v) is 4.09. The highest BCUT2D eigenvalue weighted by molar-refractivity contribution is 6.40. The molecule has 8 heteroatoms. The fourth-order valence-electron chi connectivity index (χ4n) is 2.26. The summed E-state index contributed by atoms with van der Waals surface area (Å²) in [7, 11) is 0. The summed E-state index contributed by atoms with van der Waals surface area (Å²) in [6.07, 6.45) is 4.18. The number of hydrogen-bond donors (Lipinski definition) is 0. The Morgan fingerprint density at radius 2 is 1.81 bits per heavy atom. The van der Waals surface area contributed by atoms with Crippen molar-refractivity contribution in [1.29, 1.82) is 0 Å². The smallest absolute Gasteiger partial charge is 0.304 e. The highest BCUT2D eigenvalue weighted by Crippen LogP contribution is 2.24. The number of halogens is 2. The monoisotopic (exact) mass is 333 g/mol. The molecule has 1 aliphatic heterocycles. The van der Waals surface area contributed by atoms with Gasteiger partial charge in [-0.05, 0) is 12.8 Å². The average Bonchev–Trinajstić information content (AvgIpc) is 2.64. The molecule has 116 valence electrons. The van der Waals surface area contributed by atoms with Gasteiger partial charge in [-0.25, -0.2) is 4.98 Å². The number of ether oxygens (including phenoxy) is 1. The number of aromatic nitrogens is 2. The molecule has 0 aliphatic carbocycles. The normalized spacial score (nSPS) is 15.7. The average molecular weight is 334 g/mol. The number of carbonyl (C=O) groups excluding carboxylic acids is 2. The van der Waals surface area contributed by atoms with E-state index >= 15 is 0 Å². The fraction of sp³-hybridized carbons (Fsp3) is 0.615. The fourth-order valence-corrected chi connectivity index (χ4v) is 2.61. The van der Waals surface area contributed by atoms with Crippen LogP contribution in [0.5, 0.6) is 0 Å². The molecule has 0 radical (unpaired) electrons. The van der Waals surface area contributed by atoms with E-state index in [1.54, 1.807) is 4.90 Å². The molecule has 2 heterocycles. The number of likely N-dealkylation sites (tertiary alicyclic amines) is 1. The quantitative estimate of drug-likeness (QED) is 0.798. The molecule has 2 rings (SSSR count). The van der Waals surface area contributed by atoms with Crippen molar-refractivity contribution in [3.8, 4) is 0 Å². The molecule has 0 bridgehead atoms. The van der Waals surface area contributed by atoms with E-state index in [9.17, 15) is 9.59 Å². The van der Waals surface area contributed by atoms with E-state index in [1.165, 1.54) is 11.5 Å². The Bertz CT molecular complexity index is 537. The number of carbonyl (C=O) groups is 2. The molecule has 0 aromatic carbocycles. The van der Waals surface area contributed by atoms with Gasteiger partial charge in [-0.2, -0.15) is 0 Å². The largest absolute Gasteiger partial charge is 0.444 e. The Hall–Kier alpha value is -1.27. The van der Waals surface area contributed by atoms with Gasteiger partial charge in [0.15, 0.2) is 17.0 Å².